The third-order valence-corrected chi connectivity index (χ3v) is 3.69. The molecule has 1 aromatic heterocycles. The molecule has 62 valence electrons. The van der Waals surface area contributed by atoms with E-state index in [1.54, 1.807) is 0 Å². The average molecular weight is 187 g/mol. The number of nitrogens with two attached hydrogens (primary N) is 1. The normalized spacial score (nSPS) is 10.4. The molecule has 0 saturated carbocycles. The molecule has 0 aromatic carbocycles. The molecule has 1 nitrogen and oxygen atoms in total. The van der Waals surface area contributed by atoms with Crippen LogP contribution < -0.4 is 5.73 Å². The van der Waals surface area contributed by atoms with Gasteiger partial charge < -0.3 is 5.73 Å². The van der Waals surface area contributed by atoms with E-state index in [0.29, 0.717) is 0 Å². The number of hydrogen-bond acceptors (Lipinski definition) is 3. The highest BCUT2D eigenvalue weighted by atomic mass is 32.2. The highest BCUT2D eigenvalue weighted by Gasteiger charge is 1.97. The number of thioether (sulfide) groups is 1. The minimum atomic E-state index is 0.798. The average Bonchev–Trinajstić information content (AvgIpc) is 2.48. The lowest BCUT2D eigenvalue weighted by molar-refractivity contribution is 0.843. The zero-order chi connectivity index (χ0) is 8.10. The topological polar surface area (TPSA) is 26.0 Å². The summed E-state index contributed by atoms with van der Waals surface area (Å²) >= 11 is 3.69. The Bertz CT molecular complexity index is 208. The molecule has 1 heterocycles. The summed E-state index contributed by atoms with van der Waals surface area (Å²) in [6.45, 7) is 0.798. The van der Waals surface area contributed by atoms with Gasteiger partial charge in [-0.05, 0) is 37.8 Å². The largest absolute Gasteiger partial charge is 0.330 e. The minimum Gasteiger partial charge on any atom is -0.330 e. The highest BCUT2D eigenvalue weighted by molar-refractivity contribution is 8.00. The SMILES string of the molecule is CSc1ccc(CCCN)s1. The summed E-state index contributed by atoms with van der Waals surface area (Å²) in [5, 5.41) is 0. The fourth-order valence-corrected chi connectivity index (χ4v) is 2.51. The summed E-state index contributed by atoms with van der Waals surface area (Å²) in [7, 11) is 0. The Morgan fingerprint density at radius 2 is 2.36 bits per heavy atom. The van der Waals surface area contributed by atoms with Crippen LogP contribution in [0.15, 0.2) is 16.3 Å². The highest BCUT2D eigenvalue weighted by Crippen LogP contribution is 2.25. The summed E-state index contributed by atoms with van der Waals surface area (Å²) in [6.07, 6.45) is 4.36. The van der Waals surface area contributed by atoms with Crippen molar-refractivity contribution in [3.63, 3.8) is 0 Å². The van der Waals surface area contributed by atoms with Gasteiger partial charge in [0.05, 0.1) is 4.21 Å². The van der Waals surface area contributed by atoms with Gasteiger partial charge >= 0.3 is 0 Å². The van der Waals surface area contributed by atoms with Crippen LogP contribution in [0.1, 0.15) is 11.3 Å². The van der Waals surface area contributed by atoms with E-state index in [1.165, 1.54) is 9.09 Å². The smallest absolute Gasteiger partial charge is 0.0598 e. The van der Waals surface area contributed by atoms with Crippen LogP contribution in [0, 0.1) is 0 Å². The standard InChI is InChI=1S/C8H13NS2/c1-10-8-5-4-7(11-8)3-2-6-9/h4-5H,2-3,6,9H2,1H3. The molecule has 0 radical (unpaired) electrons. The molecule has 11 heavy (non-hydrogen) atoms. The Morgan fingerprint density at radius 1 is 1.55 bits per heavy atom. The van der Waals surface area contributed by atoms with Crippen LogP contribution in [0.2, 0.25) is 0 Å². The fourth-order valence-electron chi connectivity index (χ4n) is 0.879. The maximum Gasteiger partial charge on any atom is 0.0598 e. The molecule has 0 aliphatic carbocycles. The van der Waals surface area contributed by atoms with Crippen molar-refractivity contribution in [1.82, 2.24) is 0 Å². The predicted molar refractivity (Wildman–Crippen MR) is 53.5 cm³/mol. The summed E-state index contributed by atoms with van der Waals surface area (Å²) in [4.78, 5) is 1.46. The molecule has 1 rings (SSSR count). The molecule has 0 fully saturated rings. The van der Waals surface area contributed by atoms with E-state index in [4.69, 9.17) is 5.73 Å². The molecule has 0 aliphatic rings. The van der Waals surface area contributed by atoms with Crippen molar-refractivity contribution in [2.75, 3.05) is 12.8 Å². The molecule has 0 aliphatic heterocycles. The second kappa shape index (κ2) is 4.80. The minimum absolute atomic E-state index is 0.798. The van der Waals surface area contributed by atoms with Crippen molar-refractivity contribution in [2.24, 2.45) is 5.73 Å². The van der Waals surface area contributed by atoms with Crippen molar-refractivity contribution in [2.45, 2.75) is 17.1 Å². The molecule has 0 bridgehead atoms. The molecule has 0 amide bonds. The van der Waals surface area contributed by atoms with Gasteiger partial charge in [-0.25, -0.2) is 0 Å². The summed E-state index contributed by atoms with van der Waals surface area (Å²) in [5.41, 5.74) is 5.42. The Morgan fingerprint density at radius 3 is 2.91 bits per heavy atom. The van der Waals surface area contributed by atoms with Gasteiger partial charge in [-0.1, -0.05) is 0 Å². The predicted octanol–water partition coefficient (Wildman–Crippen LogP) is 2.36. The van der Waals surface area contributed by atoms with Crippen LogP contribution in [0.5, 0.6) is 0 Å². The van der Waals surface area contributed by atoms with Crippen molar-refractivity contribution in [3.8, 4) is 0 Å². The lowest BCUT2D eigenvalue weighted by Crippen LogP contribution is -1.98. The molecule has 0 saturated heterocycles. The zero-order valence-corrected chi connectivity index (χ0v) is 8.30. The van der Waals surface area contributed by atoms with Gasteiger partial charge in [-0.15, -0.1) is 23.1 Å². The fraction of sp³-hybridized carbons (Fsp3) is 0.500. The Balaban J connectivity index is 2.44. The van der Waals surface area contributed by atoms with Crippen LogP contribution in [-0.2, 0) is 6.42 Å². The summed E-state index contributed by atoms with van der Waals surface area (Å²) in [6, 6.07) is 4.38. The lowest BCUT2D eigenvalue weighted by atomic mass is 10.3. The van der Waals surface area contributed by atoms with Gasteiger partial charge in [-0.2, -0.15) is 0 Å². The summed E-state index contributed by atoms with van der Waals surface area (Å²) in [5.74, 6) is 0. The van der Waals surface area contributed by atoms with E-state index in [0.717, 1.165) is 19.4 Å². The van der Waals surface area contributed by atoms with E-state index >= 15 is 0 Å². The third kappa shape index (κ3) is 2.85. The molecule has 0 spiro atoms. The zero-order valence-electron chi connectivity index (χ0n) is 6.67. The van der Waals surface area contributed by atoms with Crippen LogP contribution >= 0.6 is 23.1 Å². The van der Waals surface area contributed by atoms with Gasteiger partial charge in [0.15, 0.2) is 0 Å². The Kier molecular flexibility index (Phi) is 3.97. The van der Waals surface area contributed by atoms with Crippen molar-refractivity contribution in [3.05, 3.63) is 17.0 Å². The first-order chi connectivity index (χ1) is 5.36. The van der Waals surface area contributed by atoms with Crippen LogP contribution in [-0.4, -0.2) is 12.8 Å². The van der Waals surface area contributed by atoms with Crippen molar-refractivity contribution in [1.29, 1.82) is 0 Å². The third-order valence-electron chi connectivity index (χ3n) is 1.47. The van der Waals surface area contributed by atoms with Gasteiger partial charge in [0.2, 0.25) is 0 Å². The maximum atomic E-state index is 5.42. The molecule has 0 atom stereocenters. The van der Waals surface area contributed by atoms with Gasteiger partial charge in [0.1, 0.15) is 0 Å². The van der Waals surface area contributed by atoms with Crippen molar-refractivity contribution < 1.29 is 0 Å². The number of hydrogen-bond donors (Lipinski definition) is 1. The number of rotatable bonds is 4. The molecular formula is C8H13NS2. The first kappa shape index (κ1) is 9.10. The van der Waals surface area contributed by atoms with E-state index < -0.39 is 0 Å². The van der Waals surface area contributed by atoms with Crippen LogP contribution in [0.25, 0.3) is 0 Å². The lowest BCUT2D eigenvalue weighted by Gasteiger charge is -1.91. The first-order valence-electron chi connectivity index (χ1n) is 3.69. The molecule has 0 unspecified atom stereocenters. The molecule has 1 aromatic rings. The van der Waals surface area contributed by atoms with Gasteiger partial charge in [-0.3, -0.25) is 0 Å². The van der Waals surface area contributed by atoms with E-state index in [2.05, 4.69) is 18.4 Å². The molecule has 2 N–H and O–H groups in total. The second-order valence-corrected chi connectivity index (χ2v) is 4.59. The van der Waals surface area contributed by atoms with Crippen molar-refractivity contribution >= 4 is 23.1 Å². The number of aryl methyl sites for hydroxylation is 1. The number of thiophene rings is 1. The second-order valence-electron chi connectivity index (χ2n) is 2.32. The van der Waals surface area contributed by atoms with Gasteiger partial charge in [0.25, 0.3) is 0 Å². The van der Waals surface area contributed by atoms with E-state index in [9.17, 15) is 0 Å². The van der Waals surface area contributed by atoms with Crippen LogP contribution in [0.3, 0.4) is 0 Å². The monoisotopic (exact) mass is 187 g/mol. The summed E-state index contributed by atoms with van der Waals surface area (Å²) < 4.78 is 1.40. The maximum absolute atomic E-state index is 5.42. The Labute approximate surface area is 76.0 Å². The van der Waals surface area contributed by atoms with E-state index in [-0.39, 0.29) is 0 Å². The van der Waals surface area contributed by atoms with Gasteiger partial charge in [0, 0.05) is 4.88 Å². The molecule has 3 heteroatoms. The quantitative estimate of drug-likeness (QED) is 0.732. The molecular weight excluding hydrogens is 174 g/mol. The van der Waals surface area contributed by atoms with E-state index in [1.807, 2.05) is 23.1 Å². The Hall–Kier alpha value is 0.01000. The van der Waals surface area contributed by atoms with Crippen LogP contribution in [0.4, 0.5) is 0 Å². The first-order valence-corrected chi connectivity index (χ1v) is 5.73.